The van der Waals surface area contributed by atoms with Gasteiger partial charge in [-0.05, 0) is 217 Å². The molecule has 2 aliphatic rings. The second-order valence-corrected chi connectivity index (χ2v) is 25.3. The van der Waals surface area contributed by atoms with Crippen LogP contribution in [-0.2, 0) is 0 Å². The molecule has 0 saturated heterocycles. The van der Waals surface area contributed by atoms with E-state index < -0.39 is 23.4 Å². The molecule has 0 spiro atoms. The van der Waals surface area contributed by atoms with Crippen LogP contribution in [0.1, 0.15) is 278 Å². The van der Waals surface area contributed by atoms with Gasteiger partial charge in [-0.15, -0.1) is 0 Å². The number of rotatable bonds is 7. The summed E-state index contributed by atoms with van der Waals surface area (Å²) in [5, 5.41) is 0. The van der Waals surface area contributed by atoms with Crippen LogP contribution in [0.5, 0.6) is 0 Å². The molecule has 0 N–H and O–H groups in total. The van der Waals surface area contributed by atoms with Gasteiger partial charge in [-0.1, -0.05) is 194 Å². The summed E-state index contributed by atoms with van der Waals surface area (Å²) in [4.78, 5) is 0. The van der Waals surface area contributed by atoms with Crippen molar-refractivity contribution >= 4 is 0 Å². The third kappa shape index (κ3) is 28.6. The Morgan fingerprint density at radius 3 is 1.19 bits per heavy atom. The highest BCUT2D eigenvalue weighted by Gasteiger charge is 2.35. The quantitative estimate of drug-likeness (QED) is 0.162. The van der Waals surface area contributed by atoms with Gasteiger partial charge in [0.2, 0.25) is 0 Å². The minimum absolute atomic E-state index is 0.240. The van der Waals surface area contributed by atoms with Gasteiger partial charge in [0, 0.05) is 0 Å². The van der Waals surface area contributed by atoms with E-state index in [1.165, 1.54) is 73.7 Å². The van der Waals surface area contributed by atoms with E-state index in [0.717, 1.165) is 57.3 Å². The topological polar surface area (TPSA) is 0 Å². The molecule has 6 rings (SSSR count). The molecule has 1 atom stereocenters. The maximum absolute atomic E-state index is 13.2. The van der Waals surface area contributed by atoms with Crippen molar-refractivity contribution in [3.8, 4) is 0 Å². The summed E-state index contributed by atoms with van der Waals surface area (Å²) in [6.45, 7) is 51.0. The van der Waals surface area contributed by atoms with Crippen LogP contribution in [0.15, 0.2) is 72.8 Å². The largest absolute Gasteiger partial charge is 0.391 e. The van der Waals surface area contributed by atoms with Crippen molar-refractivity contribution in [2.24, 2.45) is 17.3 Å². The van der Waals surface area contributed by atoms with E-state index in [0.29, 0.717) is 41.4 Å². The minimum Gasteiger partial charge on any atom is -0.244 e. The summed E-state index contributed by atoms with van der Waals surface area (Å²) in [5.74, 6) is 2.76. The Balaban J connectivity index is 0.000000852. The molecule has 422 valence electrons. The molecule has 74 heavy (non-hydrogen) atoms. The van der Waals surface area contributed by atoms with E-state index in [4.69, 9.17) is 0 Å². The maximum atomic E-state index is 13.2. The molecule has 4 aromatic rings. The fourth-order valence-electron chi connectivity index (χ4n) is 9.15. The van der Waals surface area contributed by atoms with Gasteiger partial charge in [0.25, 0.3) is 0 Å². The van der Waals surface area contributed by atoms with Crippen molar-refractivity contribution in [2.75, 3.05) is 0 Å². The molecule has 0 heterocycles. The molecule has 0 radical (unpaired) electrons. The van der Waals surface area contributed by atoms with Crippen LogP contribution in [-0.4, -0.2) is 17.5 Å². The first-order valence-corrected chi connectivity index (χ1v) is 28.6. The summed E-state index contributed by atoms with van der Waals surface area (Å²) in [6.07, 6.45) is 4.13. The van der Waals surface area contributed by atoms with Crippen LogP contribution in [0.2, 0.25) is 0 Å². The molecular formula is C69H111F5. The Bertz CT molecular complexity index is 2050. The molecule has 2 saturated carbocycles. The molecule has 2 aliphatic carbocycles. The highest BCUT2D eigenvalue weighted by molar-refractivity contribution is 5.43. The normalized spacial score (nSPS) is 18.2. The van der Waals surface area contributed by atoms with Crippen molar-refractivity contribution < 1.29 is 22.0 Å². The summed E-state index contributed by atoms with van der Waals surface area (Å²) in [6, 6.07) is 26.3. The lowest BCUT2D eigenvalue weighted by atomic mass is 9.72. The van der Waals surface area contributed by atoms with Crippen LogP contribution in [0.4, 0.5) is 22.0 Å². The summed E-state index contributed by atoms with van der Waals surface area (Å²) < 4.78 is 61.2. The molecule has 0 bridgehead atoms. The van der Waals surface area contributed by atoms with Gasteiger partial charge in [0.1, 0.15) is 11.3 Å². The SMILES string of the molecule is CC1(C)CCC(C)(F)CC1.CC1CCC(C)(F)CC1.CCCC(C)C(F)(F)F.Cc1c(C(C)C)cc(C(C)C)cc1C(C)C.Cc1cc(C)c(C)c(C)c1.Cc1ccc(C(C)C)cc1C(C)C.Cc1ccccc1. The lowest BCUT2D eigenvalue weighted by molar-refractivity contribution is -0.171. The Morgan fingerprint density at radius 1 is 0.473 bits per heavy atom. The monoisotopic (exact) mass is 1030 g/mol. The van der Waals surface area contributed by atoms with Gasteiger partial charge < -0.3 is 0 Å². The first kappa shape index (κ1) is 70.5. The van der Waals surface area contributed by atoms with Crippen molar-refractivity contribution in [1.82, 2.24) is 0 Å². The lowest BCUT2D eigenvalue weighted by Crippen LogP contribution is -2.30. The van der Waals surface area contributed by atoms with Crippen LogP contribution in [0.3, 0.4) is 0 Å². The van der Waals surface area contributed by atoms with Crippen molar-refractivity contribution in [3.05, 3.63) is 140 Å². The van der Waals surface area contributed by atoms with Crippen LogP contribution in [0, 0.1) is 65.7 Å². The van der Waals surface area contributed by atoms with Crippen LogP contribution >= 0.6 is 0 Å². The molecule has 5 heteroatoms. The first-order chi connectivity index (χ1) is 33.9. The van der Waals surface area contributed by atoms with Gasteiger partial charge in [0.05, 0.1) is 5.92 Å². The highest BCUT2D eigenvalue weighted by atomic mass is 19.4. The molecule has 0 nitrogen and oxygen atoms in total. The number of hydrogen-bond donors (Lipinski definition) is 0. The molecular weight excluding hydrogens is 924 g/mol. The van der Waals surface area contributed by atoms with Crippen molar-refractivity contribution in [3.63, 3.8) is 0 Å². The van der Waals surface area contributed by atoms with E-state index in [1.807, 2.05) is 18.2 Å². The fourth-order valence-corrected chi connectivity index (χ4v) is 9.15. The number of aryl methyl sites for hydroxylation is 5. The van der Waals surface area contributed by atoms with Crippen LogP contribution in [0.25, 0.3) is 0 Å². The third-order valence-corrected chi connectivity index (χ3v) is 15.3. The average Bonchev–Trinajstić information content (AvgIpc) is 3.29. The van der Waals surface area contributed by atoms with E-state index in [1.54, 1.807) is 20.8 Å². The Morgan fingerprint density at radius 2 is 0.878 bits per heavy atom. The Labute approximate surface area is 454 Å². The van der Waals surface area contributed by atoms with Crippen molar-refractivity contribution in [1.29, 1.82) is 0 Å². The van der Waals surface area contributed by atoms with Gasteiger partial charge >= 0.3 is 6.18 Å². The molecule has 2 fully saturated rings. The molecule has 0 aromatic heterocycles. The Hall–Kier alpha value is -3.47. The number of hydrogen-bond acceptors (Lipinski definition) is 0. The van der Waals surface area contributed by atoms with E-state index in [9.17, 15) is 22.0 Å². The number of benzene rings is 4. The van der Waals surface area contributed by atoms with Gasteiger partial charge in [-0.2, -0.15) is 13.2 Å². The second kappa shape index (κ2) is 33.0. The van der Waals surface area contributed by atoms with Gasteiger partial charge in [-0.3, -0.25) is 0 Å². The smallest absolute Gasteiger partial charge is 0.244 e. The maximum Gasteiger partial charge on any atom is 0.391 e. The average molecular weight is 1040 g/mol. The summed E-state index contributed by atoms with van der Waals surface area (Å²) in [5.41, 5.74) is 16.0. The van der Waals surface area contributed by atoms with Gasteiger partial charge in [-0.25, -0.2) is 8.78 Å². The summed E-state index contributed by atoms with van der Waals surface area (Å²) >= 11 is 0. The predicted octanol–water partition coefficient (Wildman–Crippen LogP) is 23.7. The van der Waals surface area contributed by atoms with E-state index in [-0.39, 0.29) is 6.42 Å². The molecule has 4 aromatic carbocycles. The predicted molar refractivity (Wildman–Crippen MR) is 318 cm³/mol. The second-order valence-electron chi connectivity index (χ2n) is 25.3. The zero-order valence-electron chi connectivity index (χ0n) is 51.9. The third-order valence-electron chi connectivity index (χ3n) is 15.3. The first-order valence-electron chi connectivity index (χ1n) is 28.6. The fraction of sp³-hybridized carbons (Fsp3) is 0.652. The van der Waals surface area contributed by atoms with E-state index >= 15 is 0 Å². The number of halogens is 5. The standard InChI is InChI=1S/C16H26.C13H20.C10H14.C9H17F.C8H15F.C7H8.C6H11F3/c1-10(2)14-8-15(11(3)4)13(7)16(9-14)12(5)6;1-9(2)12-7-6-11(5)13(8-12)10(3)4;1-7-5-8(2)10(4)9(3)6-7;1-8(2)4-6-9(3,10)7-5-8;1-7-3-5-8(2,9)6-4-7;1-7-5-3-2-4-6-7;1-3-4-5(2)6(7,8)9/h8-12H,1-7H3;6-10H,1-5H3;5-6H,1-4H3;4-7H2,1-3H3;7H,3-6H2,1-2H3;2-6H,1H3;5H,3-4H2,1-2H3. The zero-order chi connectivity index (χ0) is 57.5. The van der Waals surface area contributed by atoms with Gasteiger partial charge in [0.15, 0.2) is 0 Å². The minimum atomic E-state index is -3.99. The van der Waals surface area contributed by atoms with Crippen molar-refractivity contribution in [2.45, 2.75) is 277 Å². The summed E-state index contributed by atoms with van der Waals surface area (Å²) in [7, 11) is 0. The molecule has 1 unspecified atom stereocenters. The molecule has 0 amide bonds. The zero-order valence-corrected chi connectivity index (χ0v) is 51.9. The van der Waals surface area contributed by atoms with E-state index in [2.05, 4.69) is 193 Å². The number of alkyl halides is 5. The lowest BCUT2D eigenvalue weighted by Gasteiger charge is -2.36. The van der Waals surface area contributed by atoms with Crippen LogP contribution < -0.4 is 0 Å². The molecule has 0 aliphatic heterocycles. The Kier molecular flexibility index (Phi) is 31.4. The highest BCUT2D eigenvalue weighted by Crippen LogP contribution is 2.42.